The molecule has 7 aromatic carbocycles. The SMILES string of the molecule is CC1(C)c2cc(N(c3ccc(-c4ccccc4-c4ccccc4)cc3)c3ccc(C4CC5CCC4C5)cc3)ccc2-c2c(-c3ccccc3)cccc21. The second-order valence-electron chi connectivity index (χ2n) is 16.1. The number of fused-ring (bicyclic) bond motifs is 5. The second kappa shape index (κ2) is 12.8. The second-order valence-corrected chi connectivity index (χ2v) is 16.1. The lowest BCUT2D eigenvalue weighted by Crippen LogP contribution is -2.16. The third-order valence-corrected chi connectivity index (χ3v) is 12.8. The molecule has 10 rings (SSSR count). The molecule has 2 fully saturated rings. The van der Waals surface area contributed by atoms with Crippen molar-refractivity contribution < 1.29 is 0 Å². The number of rotatable bonds is 7. The fourth-order valence-electron chi connectivity index (χ4n) is 10.1. The number of hydrogen-bond donors (Lipinski definition) is 0. The molecular weight excluding hydrogens is 639 g/mol. The fourth-order valence-corrected chi connectivity index (χ4v) is 10.1. The van der Waals surface area contributed by atoms with E-state index in [0.29, 0.717) is 0 Å². The maximum Gasteiger partial charge on any atom is 0.0465 e. The maximum absolute atomic E-state index is 2.47. The van der Waals surface area contributed by atoms with E-state index in [9.17, 15) is 0 Å². The van der Waals surface area contributed by atoms with Crippen molar-refractivity contribution in [3.8, 4) is 44.5 Å². The summed E-state index contributed by atoms with van der Waals surface area (Å²) in [7, 11) is 0. The molecule has 2 saturated carbocycles. The van der Waals surface area contributed by atoms with Crippen LogP contribution in [0.15, 0.2) is 170 Å². The van der Waals surface area contributed by atoms with Crippen LogP contribution < -0.4 is 4.90 Å². The summed E-state index contributed by atoms with van der Waals surface area (Å²) < 4.78 is 0. The van der Waals surface area contributed by atoms with Crippen LogP contribution in [-0.4, -0.2) is 0 Å². The summed E-state index contributed by atoms with van der Waals surface area (Å²) in [5.74, 6) is 2.53. The van der Waals surface area contributed by atoms with E-state index in [1.54, 1.807) is 0 Å². The van der Waals surface area contributed by atoms with E-state index >= 15 is 0 Å². The molecule has 0 radical (unpaired) electrons. The van der Waals surface area contributed by atoms with Crippen LogP contribution in [0.25, 0.3) is 44.5 Å². The average molecular weight is 684 g/mol. The molecule has 0 heterocycles. The zero-order chi connectivity index (χ0) is 35.5. The van der Waals surface area contributed by atoms with Gasteiger partial charge < -0.3 is 4.90 Å². The van der Waals surface area contributed by atoms with Gasteiger partial charge in [0, 0.05) is 22.5 Å². The summed E-state index contributed by atoms with van der Waals surface area (Å²) in [4.78, 5) is 2.47. The van der Waals surface area contributed by atoms with Crippen LogP contribution in [0.1, 0.15) is 62.1 Å². The Kier molecular flexibility index (Phi) is 7.72. The average Bonchev–Trinajstić information content (AvgIpc) is 3.92. The standard InChI is InChI=1S/C52H45N/c1-52(2)49-19-11-18-46(37-14-7-4-8-15-37)51(49)47-31-30-43(34-50(47)52)53(42-28-24-39(25-29-42)48-33-35-20-21-40(48)32-35)41-26-22-38(23-27-41)45-17-10-9-16-44(45)36-12-5-3-6-13-36/h3-19,22-31,34-35,40,48H,20-21,32-33H2,1-2H3. The van der Waals surface area contributed by atoms with Crippen molar-refractivity contribution in [3.63, 3.8) is 0 Å². The first kappa shape index (κ1) is 32.0. The Hall–Kier alpha value is -5.66. The normalized spacial score (nSPS) is 19.2. The first-order valence-corrected chi connectivity index (χ1v) is 19.5. The van der Waals surface area contributed by atoms with Crippen LogP contribution in [-0.2, 0) is 5.41 Å². The molecule has 0 amide bonds. The smallest absolute Gasteiger partial charge is 0.0465 e. The molecule has 0 spiro atoms. The van der Waals surface area contributed by atoms with E-state index < -0.39 is 0 Å². The third-order valence-electron chi connectivity index (χ3n) is 12.8. The molecule has 258 valence electrons. The van der Waals surface area contributed by atoms with Crippen molar-refractivity contribution in [2.75, 3.05) is 4.90 Å². The highest BCUT2D eigenvalue weighted by Crippen LogP contribution is 2.55. The Morgan fingerprint density at radius 1 is 0.453 bits per heavy atom. The van der Waals surface area contributed by atoms with Gasteiger partial charge in [0.25, 0.3) is 0 Å². The molecule has 0 aromatic heterocycles. The van der Waals surface area contributed by atoms with Crippen LogP contribution >= 0.6 is 0 Å². The third kappa shape index (κ3) is 5.45. The Morgan fingerprint density at radius 2 is 1.02 bits per heavy atom. The minimum atomic E-state index is -0.131. The van der Waals surface area contributed by atoms with E-state index in [0.717, 1.165) is 23.4 Å². The summed E-state index contributed by atoms with van der Waals surface area (Å²) in [5, 5.41) is 0. The van der Waals surface area contributed by atoms with E-state index in [4.69, 9.17) is 0 Å². The van der Waals surface area contributed by atoms with Crippen LogP contribution in [0.3, 0.4) is 0 Å². The van der Waals surface area contributed by atoms with Crippen molar-refractivity contribution in [2.24, 2.45) is 11.8 Å². The van der Waals surface area contributed by atoms with E-state index in [-0.39, 0.29) is 5.41 Å². The van der Waals surface area contributed by atoms with E-state index in [1.165, 1.54) is 98.3 Å². The Morgan fingerprint density at radius 3 is 1.64 bits per heavy atom. The summed E-state index contributed by atoms with van der Waals surface area (Å²) in [6, 6.07) is 63.2. The highest BCUT2D eigenvalue weighted by Gasteiger charge is 2.40. The van der Waals surface area contributed by atoms with E-state index in [2.05, 4.69) is 189 Å². The Labute approximate surface area is 314 Å². The first-order chi connectivity index (χ1) is 26.0. The van der Waals surface area contributed by atoms with Crippen molar-refractivity contribution in [1.82, 2.24) is 0 Å². The van der Waals surface area contributed by atoms with Gasteiger partial charge in [0.05, 0.1) is 0 Å². The molecule has 0 N–H and O–H groups in total. The summed E-state index contributed by atoms with van der Waals surface area (Å²) in [6.45, 7) is 4.79. The molecule has 3 atom stereocenters. The van der Waals surface area contributed by atoms with Gasteiger partial charge in [0.15, 0.2) is 0 Å². The molecule has 7 aromatic rings. The molecule has 0 saturated heterocycles. The molecule has 1 heteroatoms. The predicted molar refractivity (Wildman–Crippen MR) is 223 cm³/mol. The highest BCUT2D eigenvalue weighted by molar-refractivity contribution is 5.94. The lowest BCUT2D eigenvalue weighted by atomic mass is 9.81. The predicted octanol–water partition coefficient (Wildman–Crippen LogP) is 14.4. The van der Waals surface area contributed by atoms with Gasteiger partial charge in [-0.15, -0.1) is 0 Å². The molecule has 2 bridgehead atoms. The van der Waals surface area contributed by atoms with Crippen molar-refractivity contribution >= 4 is 17.1 Å². The van der Waals surface area contributed by atoms with Crippen LogP contribution in [0.4, 0.5) is 17.1 Å². The Bertz CT molecular complexity index is 2420. The van der Waals surface area contributed by atoms with Crippen molar-refractivity contribution in [3.05, 3.63) is 187 Å². The number of anilines is 3. The zero-order valence-corrected chi connectivity index (χ0v) is 30.7. The molecule has 0 aliphatic heterocycles. The van der Waals surface area contributed by atoms with Gasteiger partial charge in [0.2, 0.25) is 0 Å². The highest BCUT2D eigenvalue weighted by atomic mass is 15.1. The topological polar surface area (TPSA) is 3.24 Å². The maximum atomic E-state index is 2.47. The molecule has 3 unspecified atom stereocenters. The summed E-state index contributed by atoms with van der Waals surface area (Å²) in [5.41, 5.74) is 18.0. The van der Waals surface area contributed by atoms with Crippen LogP contribution in [0.2, 0.25) is 0 Å². The molecule has 1 nitrogen and oxygen atoms in total. The van der Waals surface area contributed by atoms with Gasteiger partial charge in [-0.3, -0.25) is 0 Å². The molecule has 53 heavy (non-hydrogen) atoms. The lowest BCUT2D eigenvalue weighted by molar-refractivity contribution is 0.420. The first-order valence-electron chi connectivity index (χ1n) is 19.5. The van der Waals surface area contributed by atoms with Gasteiger partial charge in [-0.05, 0) is 135 Å². The number of nitrogens with zero attached hydrogens (tertiary/aromatic N) is 1. The van der Waals surface area contributed by atoms with Gasteiger partial charge in [-0.25, -0.2) is 0 Å². The van der Waals surface area contributed by atoms with E-state index in [1.807, 2.05) is 0 Å². The monoisotopic (exact) mass is 683 g/mol. The molecular formula is C52H45N. The Balaban J connectivity index is 1.07. The minimum Gasteiger partial charge on any atom is -0.310 e. The quantitative estimate of drug-likeness (QED) is 0.162. The van der Waals surface area contributed by atoms with Crippen LogP contribution in [0, 0.1) is 11.8 Å². The van der Waals surface area contributed by atoms with Crippen molar-refractivity contribution in [1.29, 1.82) is 0 Å². The largest absolute Gasteiger partial charge is 0.310 e. The molecule has 3 aliphatic carbocycles. The molecule has 3 aliphatic rings. The number of benzene rings is 7. The summed E-state index contributed by atoms with van der Waals surface area (Å²) >= 11 is 0. The van der Waals surface area contributed by atoms with Crippen LogP contribution in [0.5, 0.6) is 0 Å². The van der Waals surface area contributed by atoms with Gasteiger partial charge in [-0.1, -0.05) is 154 Å². The fraction of sp³-hybridized carbons (Fsp3) is 0.192. The summed E-state index contributed by atoms with van der Waals surface area (Å²) in [6.07, 6.45) is 5.63. The lowest BCUT2D eigenvalue weighted by Gasteiger charge is -2.29. The minimum absolute atomic E-state index is 0.131. The van der Waals surface area contributed by atoms with Gasteiger partial charge in [-0.2, -0.15) is 0 Å². The van der Waals surface area contributed by atoms with Crippen molar-refractivity contribution in [2.45, 2.75) is 50.9 Å². The number of hydrogen-bond acceptors (Lipinski definition) is 1. The zero-order valence-electron chi connectivity index (χ0n) is 30.7. The van der Waals surface area contributed by atoms with Gasteiger partial charge in [0.1, 0.15) is 0 Å². The van der Waals surface area contributed by atoms with Gasteiger partial charge >= 0.3 is 0 Å².